The molecule has 1 aromatic carbocycles. The van der Waals surface area contributed by atoms with Gasteiger partial charge in [0.15, 0.2) is 0 Å². The summed E-state index contributed by atoms with van der Waals surface area (Å²) in [6.45, 7) is -0.0176. The predicted molar refractivity (Wildman–Crippen MR) is 61.3 cm³/mol. The van der Waals surface area contributed by atoms with E-state index >= 15 is 0 Å². The van der Waals surface area contributed by atoms with Gasteiger partial charge in [-0.05, 0) is 5.56 Å². The summed E-state index contributed by atoms with van der Waals surface area (Å²) in [5.41, 5.74) is -0.287. The van der Waals surface area contributed by atoms with Crippen LogP contribution in [0.4, 0.5) is 0 Å². The number of piperazine rings is 1. The van der Waals surface area contributed by atoms with Crippen LogP contribution in [0.2, 0.25) is 0 Å². The topological polar surface area (TPSA) is 15.3 Å². The molecule has 2 rings (SSSR count). The summed E-state index contributed by atoms with van der Waals surface area (Å²) in [6.07, 6.45) is 0. The molecule has 2 heteroatoms. The van der Waals surface area contributed by atoms with Gasteiger partial charge in [0.25, 0.3) is 0 Å². The third kappa shape index (κ3) is 3.13. The summed E-state index contributed by atoms with van der Waals surface area (Å²) in [7, 11) is 0. The highest BCUT2D eigenvalue weighted by Crippen LogP contribution is 2.04. The molecule has 14 heavy (non-hydrogen) atoms. The van der Waals surface area contributed by atoms with E-state index < -0.39 is 36.7 Å². The van der Waals surface area contributed by atoms with Gasteiger partial charge in [0.05, 0.1) is 6.85 Å². The Balaban J connectivity index is 0.00000220. The van der Waals surface area contributed by atoms with E-state index in [0.717, 1.165) is 0 Å². The third-order valence-corrected chi connectivity index (χ3v) is 1.89. The van der Waals surface area contributed by atoms with Gasteiger partial charge in [-0.2, -0.15) is 0 Å². The largest absolute Gasteiger partial charge is 0.314 e. The van der Waals surface area contributed by atoms with E-state index in [4.69, 9.17) is 9.60 Å². The molecule has 0 radical (unpaired) electrons. The molecule has 1 aromatic rings. The second-order valence-electron chi connectivity index (χ2n) is 2.85. The molecule has 0 unspecified atom stereocenters. The Morgan fingerprint density at radius 2 is 1.93 bits per heavy atom. The van der Waals surface area contributed by atoms with Gasteiger partial charge >= 0.3 is 0 Å². The standard InChI is InChI=1S/C11H16N2.CH4/c1-2-4-11(5-3-1)10-13-8-6-12-7-9-13;/h1-5,12H,6-10H2;1H4/i1D,2D,3D,4D,5D,10D2;. The molecule has 0 atom stereocenters. The molecule has 2 nitrogen and oxygen atoms in total. The van der Waals surface area contributed by atoms with E-state index in [1.54, 1.807) is 0 Å². The fraction of sp³-hybridized carbons (Fsp3) is 0.500. The average molecular weight is 199 g/mol. The van der Waals surface area contributed by atoms with Crippen molar-refractivity contribution in [1.29, 1.82) is 0 Å². The molecule has 0 bridgehead atoms. The minimum atomic E-state index is -2.09. The first kappa shape index (κ1) is 4.77. The molecule has 0 spiro atoms. The summed E-state index contributed by atoms with van der Waals surface area (Å²) in [4.78, 5) is 1.50. The van der Waals surface area contributed by atoms with Gasteiger partial charge in [-0.1, -0.05) is 37.6 Å². The van der Waals surface area contributed by atoms with Crippen LogP contribution in [0.15, 0.2) is 30.2 Å². The lowest BCUT2D eigenvalue weighted by Crippen LogP contribution is -2.42. The lowest BCUT2D eigenvalue weighted by Gasteiger charge is -2.27. The molecule has 0 amide bonds. The van der Waals surface area contributed by atoms with Crippen molar-refractivity contribution in [3.63, 3.8) is 0 Å². The van der Waals surface area contributed by atoms with Crippen molar-refractivity contribution in [2.45, 2.75) is 13.9 Å². The van der Waals surface area contributed by atoms with Crippen LogP contribution in [-0.4, -0.2) is 31.1 Å². The number of nitrogens with one attached hydrogen (secondary N) is 1. The minimum absolute atomic E-state index is 0. The molecule has 0 aromatic heterocycles. The second kappa shape index (κ2) is 5.78. The molecule has 1 saturated heterocycles. The van der Waals surface area contributed by atoms with Crippen molar-refractivity contribution in [1.82, 2.24) is 10.2 Å². The zero-order valence-corrected chi connectivity index (χ0v) is 7.28. The van der Waals surface area contributed by atoms with Gasteiger partial charge in [0, 0.05) is 35.4 Å². The minimum Gasteiger partial charge on any atom is -0.314 e. The van der Waals surface area contributed by atoms with Crippen molar-refractivity contribution in [2.75, 3.05) is 26.2 Å². The fourth-order valence-corrected chi connectivity index (χ4v) is 1.24. The van der Waals surface area contributed by atoms with E-state index in [-0.39, 0.29) is 13.0 Å². The Kier molecular flexibility index (Phi) is 1.97. The molecule has 1 aliphatic heterocycles. The number of hydrogen-bond acceptors (Lipinski definition) is 2. The first-order valence-corrected chi connectivity index (χ1v) is 4.31. The van der Waals surface area contributed by atoms with Crippen LogP contribution in [0.3, 0.4) is 0 Å². The van der Waals surface area contributed by atoms with Crippen molar-refractivity contribution >= 4 is 0 Å². The molecule has 1 fully saturated rings. The molecule has 1 heterocycles. The Hall–Kier alpha value is -0.860. The zero-order chi connectivity index (χ0) is 15.1. The summed E-state index contributed by atoms with van der Waals surface area (Å²) in [6, 6.07) is -2.45. The molecule has 0 saturated carbocycles. The quantitative estimate of drug-likeness (QED) is 0.780. The molecule has 0 aliphatic carbocycles. The number of rotatable bonds is 2. The molecule has 1 N–H and O–H groups in total. The Morgan fingerprint density at radius 1 is 1.29 bits per heavy atom. The van der Waals surface area contributed by atoms with Crippen molar-refractivity contribution in [3.05, 3.63) is 35.8 Å². The van der Waals surface area contributed by atoms with Crippen molar-refractivity contribution in [2.24, 2.45) is 0 Å². The molecule has 78 valence electrons. The van der Waals surface area contributed by atoms with Crippen LogP contribution in [0.5, 0.6) is 0 Å². The highest BCUT2D eigenvalue weighted by molar-refractivity contribution is 5.14. The maximum atomic E-state index is 8.20. The SMILES string of the molecule is C.[2H]c1c([2H])c([2H])c(C([2H])([2H])N2CCNCC2)c([2H])c1[2H]. The first-order chi connectivity index (χ1) is 9.28. The van der Waals surface area contributed by atoms with Gasteiger partial charge in [-0.3, -0.25) is 4.90 Å². The van der Waals surface area contributed by atoms with Crippen molar-refractivity contribution < 1.29 is 9.60 Å². The molecule has 1 aliphatic rings. The fourth-order valence-electron chi connectivity index (χ4n) is 1.24. The lowest BCUT2D eigenvalue weighted by atomic mass is 10.2. The van der Waals surface area contributed by atoms with Crippen LogP contribution in [-0.2, 0) is 6.50 Å². The monoisotopic (exact) mass is 199 g/mol. The molecular formula is C12H20N2. The summed E-state index contributed by atoms with van der Waals surface area (Å²) in [5, 5.41) is 3.09. The van der Waals surface area contributed by atoms with E-state index in [0.29, 0.717) is 26.2 Å². The molecular weight excluding hydrogens is 172 g/mol. The van der Waals surface area contributed by atoms with Crippen LogP contribution in [0.25, 0.3) is 0 Å². The van der Waals surface area contributed by atoms with Gasteiger partial charge in [-0.25, -0.2) is 0 Å². The zero-order valence-electron chi connectivity index (χ0n) is 14.3. The van der Waals surface area contributed by atoms with Crippen molar-refractivity contribution in [3.8, 4) is 0 Å². The Labute approximate surface area is 96.8 Å². The third-order valence-electron chi connectivity index (χ3n) is 1.89. The average Bonchev–Trinajstić information content (AvgIpc) is 2.44. The van der Waals surface area contributed by atoms with E-state index in [1.165, 1.54) is 4.90 Å². The predicted octanol–water partition coefficient (Wildman–Crippen LogP) is 1.73. The number of hydrogen-bond donors (Lipinski definition) is 1. The van der Waals surface area contributed by atoms with Crippen LogP contribution >= 0.6 is 0 Å². The summed E-state index contributed by atoms with van der Waals surface area (Å²) < 4.78 is 54.9. The van der Waals surface area contributed by atoms with E-state index in [1.807, 2.05) is 0 Å². The highest BCUT2D eigenvalue weighted by Gasteiger charge is 2.08. The van der Waals surface area contributed by atoms with Crippen LogP contribution in [0.1, 0.15) is 22.6 Å². The number of nitrogens with zero attached hydrogens (tertiary/aromatic N) is 1. The maximum absolute atomic E-state index is 8.20. The summed E-state index contributed by atoms with van der Waals surface area (Å²) in [5.74, 6) is 0. The first-order valence-electron chi connectivity index (χ1n) is 7.81. The van der Waals surface area contributed by atoms with Gasteiger partial charge in [0.2, 0.25) is 0 Å². The second-order valence-corrected chi connectivity index (χ2v) is 2.85. The summed E-state index contributed by atoms with van der Waals surface area (Å²) >= 11 is 0. The normalized spacial score (nSPS) is 25.6. The van der Waals surface area contributed by atoms with E-state index in [9.17, 15) is 0 Å². The van der Waals surface area contributed by atoms with Gasteiger partial charge in [0.1, 0.15) is 0 Å². The number of benzene rings is 1. The highest BCUT2D eigenvalue weighted by atomic mass is 15.2. The van der Waals surface area contributed by atoms with E-state index in [2.05, 4.69) is 5.32 Å². The van der Waals surface area contributed by atoms with Gasteiger partial charge < -0.3 is 5.32 Å². The Morgan fingerprint density at radius 3 is 2.57 bits per heavy atom. The van der Waals surface area contributed by atoms with Crippen LogP contribution < -0.4 is 5.32 Å². The van der Waals surface area contributed by atoms with Gasteiger partial charge in [-0.15, -0.1) is 0 Å². The smallest absolute Gasteiger partial charge is 0.0626 e. The lowest BCUT2D eigenvalue weighted by molar-refractivity contribution is 0.233. The Bertz CT molecular complexity index is 498. The van der Waals surface area contributed by atoms with Crippen LogP contribution in [0, 0.1) is 0 Å². The maximum Gasteiger partial charge on any atom is 0.0626 e.